The maximum absolute atomic E-state index is 5.87. The fourth-order valence-electron chi connectivity index (χ4n) is 1.18. The van der Waals surface area contributed by atoms with Gasteiger partial charge in [-0.05, 0) is 30.3 Å². The SMILES string of the molecule is CCn1nnc(-c2cc(Cl)cc(Cl)c2)n1. The Morgan fingerprint density at radius 1 is 1.20 bits per heavy atom. The molecule has 2 rings (SSSR count). The van der Waals surface area contributed by atoms with Gasteiger partial charge in [0.25, 0.3) is 0 Å². The molecule has 0 spiro atoms. The van der Waals surface area contributed by atoms with Crippen LogP contribution >= 0.6 is 23.2 Å². The van der Waals surface area contributed by atoms with Crippen LogP contribution in [0.15, 0.2) is 18.2 Å². The van der Waals surface area contributed by atoms with E-state index in [1.54, 1.807) is 18.2 Å². The summed E-state index contributed by atoms with van der Waals surface area (Å²) in [7, 11) is 0. The predicted octanol–water partition coefficient (Wildman–Crippen LogP) is 2.67. The van der Waals surface area contributed by atoms with Crippen molar-refractivity contribution >= 4 is 23.2 Å². The van der Waals surface area contributed by atoms with Crippen molar-refractivity contribution in [2.24, 2.45) is 0 Å². The van der Waals surface area contributed by atoms with Crippen molar-refractivity contribution < 1.29 is 0 Å². The molecule has 0 N–H and O–H groups in total. The number of tetrazole rings is 1. The molecule has 6 heteroatoms. The average molecular weight is 243 g/mol. The van der Waals surface area contributed by atoms with E-state index >= 15 is 0 Å². The van der Waals surface area contributed by atoms with Gasteiger partial charge in [-0.25, -0.2) is 0 Å². The van der Waals surface area contributed by atoms with Crippen LogP contribution < -0.4 is 0 Å². The fourth-order valence-corrected chi connectivity index (χ4v) is 1.70. The largest absolute Gasteiger partial charge is 0.205 e. The van der Waals surface area contributed by atoms with E-state index in [0.717, 1.165) is 5.56 Å². The number of hydrogen-bond donors (Lipinski definition) is 0. The molecule has 0 radical (unpaired) electrons. The number of benzene rings is 1. The Kier molecular flexibility index (Phi) is 2.88. The molecule has 0 bridgehead atoms. The third-order valence-corrected chi connectivity index (χ3v) is 2.29. The second kappa shape index (κ2) is 4.16. The molecule has 78 valence electrons. The zero-order valence-corrected chi connectivity index (χ0v) is 9.50. The van der Waals surface area contributed by atoms with Crippen molar-refractivity contribution in [1.29, 1.82) is 0 Å². The molecular weight excluding hydrogens is 235 g/mol. The molecule has 4 nitrogen and oxygen atoms in total. The van der Waals surface area contributed by atoms with Crippen molar-refractivity contribution in [3.8, 4) is 11.4 Å². The van der Waals surface area contributed by atoms with Crippen LogP contribution in [0.2, 0.25) is 10.0 Å². The lowest BCUT2D eigenvalue weighted by atomic mass is 10.2. The molecule has 1 aromatic carbocycles. The third kappa shape index (κ3) is 2.27. The van der Waals surface area contributed by atoms with Gasteiger partial charge < -0.3 is 0 Å². The van der Waals surface area contributed by atoms with Crippen LogP contribution in [0.1, 0.15) is 6.92 Å². The molecule has 0 saturated heterocycles. The summed E-state index contributed by atoms with van der Waals surface area (Å²) in [6.07, 6.45) is 0. The molecule has 1 aromatic heterocycles. The Balaban J connectivity index is 2.44. The maximum atomic E-state index is 5.87. The van der Waals surface area contributed by atoms with E-state index in [0.29, 0.717) is 22.4 Å². The summed E-state index contributed by atoms with van der Waals surface area (Å²) in [6.45, 7) is 2.62. The lowest BCUT2D eigenvalue weighted by Gasteiger charge is -1.97. The first-order valence-corrected chi connectivity index (χ1v) is 5.19. The minimum Gasteiger partial charge on any atom is -0.164 e. The zero-order chi connectivity index (χ0) is 10.8. The number of halogens is 2. The second-order valence-corrected chi connectivity index (χ2v) is 3.83. The van der Waals surface area contributed by atoms with Crippen molar-refractivity contribution in [2.45, 2.75) is 13.5 Å². The molecular formula is C9H8Cl2N4. The number of aromatic nitrogens is 4. The van der Waals surface area contributed by atoms with Gasteiger partial charge in [-0.2, -0.15) is 4.80 Å². The van der Waals surface area contributed by atoms with Crippen LogP contribution in [-0.2, 0) is 6.54 Å². The van der Waals surface area contributed by atoms with E-state index in [-0.39, 0.29) is 0 Å². The normalized spacial score (nSPS) is 10.6. The van der Waals surface area contributed by atoms with Gasteiger partial charge >= 0.3 is 0 Å². The molecule has 0 aliphatic rings. The van der Waals surface area contributed by atoms with E-state index in [4.69, 9.17) is 23.2 Å². The van der Waals surface area contributed by atoms with Gasteiger partial charge in [0.1, 0.15) is 0 Å². The highest BCUT2D eigenvalue weighted by atomic mass is 35.5. The molecule has 0 atom stereocenters. The van der Waals surface area contributed by atoms with Crippen LogP contribution in [-0.4, -0.2) is 20.2 Å². The van der Waals surface area contributed by atoms with Crippen LogP contribution in [0.25, 0.3) is 11.4 Å². The van der Waals surface area contributed by atoms with E-state index in [9.17, 15) is 0 Å². The molecule has 0 amide bonds. The average Bonchev–Trinajstić information content (AvgIpc) is 2.64. The Bertz CT molecular complexity index is 460. The summed E-state index contributed by atoms with van der Waals surface area (Å²) in [4.78, 5) is 1.50. The zero-order valence-electron chi connectivity index (χ0n) is 7.98. The van der Waals surface area contributed by atoms with Gasteiger partial charge in [0.05, 0.1) is 6.54 Å². The molecule has 1 heterocycles. The number of nitrogens with zero attached hydrogens (tertiary/aromatic N) is 4. The van der Waals surface area contributed by atoms with Gasteiger partial charge in [0.15, 0.2) is 0 Å². The van der Waals surface area contributed by atoms with Crippen LogP contribution in [0.3, 0.4) is 0 Å². The first kappa shape index (κ1) is 10.4. The van der Waals surface area contributed by atoms with Crippen LogP contribution in [0, 0.1) is 0 Å². The van der Waals surface area contributed by atoms with Crippen molar-refractivity contribution in [3.05, 3.63) is 28.2 Å². The van der Waals surface area contributed by atoms with Gasteiger partial charge in [-0.1, -0.05) is 23.2 Å². The first-order chi connectivity index (χ1) is 7.19. The maximum Gasteiger partial charge on any atom is 0.205 e. The van der Waals surface area contributed by atoms with Gasteiger partial charge in [0.2, 0.25) is 5.82 Å². The van der Waals surface area contributed by atoms with E-state index in [1.807, 2.05) is 6.92 Å². The summed E-state index contributed by atoms with van der Waals surface area (Å²) in [5.41, 5.74) is 0.771. The lowest BCUT2D eigenvalue weighted by molar-refractivity contribution is 0.553. The molecule has 0 aliphatic heterocycles. The standard InChI is InChI=1S/C9H8Cl2N4/c1-2-15-13-9(12-14-15)6-3-7(10)5-8(11)4-6/h3-5H,2H2,1H3. The number of rotatable bonds is 2. The second-order valence-electron chi connectivity index (χ2n) is 2.96. The summed E-state index contributed by atoms with van der Waals surface area (Å²) < 4.78 is 0. The van der Waals surface area contributed by atoms with Crippen molar-refractivity contribution in [3.63, 3.8) is 0 Å². The van der Waals surface area contributed by atoms with E-state index < -0.39 is 0 Å². The monoisotopic (exact) mass is 242 g/mol. The minimum atomic E-state index is 0.529. The van der Waals surface area contributed by atoms with E-state index in [2.05, 4.69) is 15.4 Å². The van der Waals surface area contributed by atoms with Crippen molar-refractivity contribution in [1.82, 2.24) is 20.2 Å². The predicted molar refractivity (Wildman–Crippen MR) is 58.9 cm³/mol. The highest BCUT2D eigenvalue weighted by Gasteiger charge is 2.06. The smallest absolute Gasteiger partial charge is 0.164 e. The Hall–Kier alpha value is -1.13. The summed E-state index contributed by atoms with van der Waals surface area (Å²) in [5.74, 6) is 0.529. The summed E-state index contributed by atoms with van der Waals surface area (Å²) >= 11 is 11.7. The van der Waals surface area contributed by atoms with E-state index in [1.165, 1.54) is 4.80 Å². The van der Waals surface area contributed by atoms with Gasteiger partial charge in [-0.15, -0.1) is 10.2 Å². The molecule has 15 heavy (non-hydrogen) atoms. The quantitative estimate of drug-likeness (QED) is 0.814. The summed E-state index contributed by atoms with van der Waals surface area (Å²) in [6, 6.07) is 5.17. The van der Waals surface area contributed by atoms with Crippen LogP contribution in [0.5, 0.6) is 0 Å². The first-order valence-electron chi connectivity index (χ1n) is 4.43. The highest BCUT2D eigenvalue weighted by Crippen LogP contribution is 2.24. The molecule has 2 aromatic rings. The number of hydrogen-bond acceptors (Lipinski definition) is 3. The highest BCUT2D eigenvalue weighted by molar-refractivity contribution is 6.35. The van der Waals surface area contributed by atoms with Gasteiger partial charge in [-0.3, -0.25) is 0 Å². The Morgan fingerprint density at radius 2 is 1.87 bits per heavy atom. The Labute approximate surface area is 96.8 Å². The van der Waals surface area contributed by atoms with Gasteiger partial charge in [0, 0.05) is 15.6 Å². The molecule has 0 aliphatic carbocycles. The topological polar surface area (TPSA) is 43.6 Å². The summed E-state index contributed by atoms with van der Waals surface area (Å²) in [5, 5.41) is 13.0. The molecule has 0 unspecified atom stereocenters. The molecule has 0 saturated carbocycles. The fraction of sp³-hybridized carbons (Fsp3) is 0.222. The van der Waals surface area contributed by atoms with Crippen LogP contribution in [0.4, 0.5) is 0 Å². The van der Waals surface area contributed by atoms with Crippen molar-refractivity contribution in [2.75, 3.05) is 0 Å². The minimum absolute atomic E-state index is 0.529. The number of aryl methyl sites for hydroxylation is 1. The third-order valence-electron chi connectivity index (χ3n) is 1.86. The lowest BCUT2D eigenvalue weighted by Crippen LogP contribution is -1.98. The molecule has 0 fully saturated rings. The Morgan fingerprint density at radius 3 is 2.40 bits per heavy atom.